The molecule has 16 heavy (non-hydrogen) atoms. The molecule has 0 aliphatic heterocycles. The van der Waals surface area contributed by atoms with Gasteiger partial charge in [0.05, 0.1) is 13.7 Å². The predicted octanol–water partition coefficient (Wildman–Crippen LogP) is 2.31. The summed E-state index contributed by atoms with van der Waals surface area (Å²) in [5, 5.41) is 0. The highest BCUT2D eigenvalue weighted by Crippen LogP contribution is 2.18. The van der Waals surface area contributed by atoms with Crippen molar-refractivity contribution in [3.8, 4) is 0 Å². The summed E-state index contributed by atoms with van der Waals surface area (Å²) in [5.41, 5.74) is 0. The fraction of sp³-hybridized carbons (Fsp3) is 0.583. The van der Waals surface area contributed by atoms with Crippen molar-refractivity contribution in [3.63, 3.8) is 0 Å². The van der Waals surface area contributed by atoms with Gasteiger partial charge in [0, 0.05) is 16.3 Å². The van der Waals surface area contributed by atoms with Crippen LogP contribution in [-0.2, 0) is 22.5 Å². The van der Waals surface area contributed by atoms with Crippen molar-refractivity contribution in [2.24, 2.45) is 0 Å². The first-order chi connectivity index (χ1) is 7.69. The van der Waals surface area contributed by atoms with Crippen LogP contribution in [0.5, 0.6) is 0 Å². The minimum atomic E-state index is -0.172. The van der Waals surface area contributed by atoms with Crippen LogP contribution in [0.1, 0.15) is 23.6 Å². The number of carbonyl (C=O) groups is 1. The predicted molar refractivity (Wildman–Crippen MR) is 66.7 cm³/mol. The van der Waals surface area contributed by atoms with E-state index in [9.17, 15) is 4.79 Å². The second-order valence-corrected chi connectivity index (χ2v) is 4.85. The van der Waals surface area contributed by atoms with Crippen molar-refractivity contribution in [3.05, 3.63) is 21.9 Å². The molecule has 0 aliphatic rings. The number of methoxy groups -OCH3 is 1. The molecular weight excluding hydrogens is 222 g/mol. The molecule has 0 spiro atoms. The maximum absolute atomic E-state index is 11.2. The smallest absolute Gasteiger partial charge is 0.319 e. The van der Waals surface area contributed by atoms with Crippen LogP contribution < -0.4 is 0 Å². The number of thiophene rings is 1. The van der Waals surface area contributed by atoms with E-state index in [1.807, 2.05) is 11.3 Å². The van der Waals surface area contributed by atoms with Crippen LogP contribution in [0.4, 0.5) is 0 Å². The van der Waals surface area contributed by atoms with E-state index in [1.54, 1.807) is 0 Å². The number of hydrogen-bond donors (Lipinski definition) is 0. The molecule has 0 saturated heterocycles. The number of nitrogens with zero attached hydrogens (tertiary/aromatic N) is 1. The number of hydrogen-bond acceptors (Lipinski definition) is 4. The number of aryl methyl sites for hydroxylation is 1. The number of carbonyl (C=O) groups excluding carboxylic acids is 1. The molecule has 0 radical (unpaired) electrons. The molecule has 1 aromatic rings. The van der Waals surface area contributed by atoms with Gasteiger partial charge in [-0.05, 0) is 25.1 Å². The Hall–Kier alpha value is -0.870. The molecule has 0 unspecified atom stereocenters. The highest BCUT2D eigenvalue weighted by atomic mass is 32.1. The Bertz CT molecular complexity index is 336. The first kappa shape index (κ1) is 13.2. The number of esters is 1. The van der Waals surface area contributed by atoms with E-state index in [4.69, 9.17) is 0 Å². The molecule has 0 saturated carbocycles. The Balaban J connectivity index is 2.52. The maximum Gasteiger partial charge on any atom is 0.319 e. The molecule has 1 heterocycles. The van der Waals surface area contributed by atoms with Crippen molar-refractivity contribution in [2.75, 3.05) is 20.2 Å². The zero-order valence-corrected chi connectivity index (χ0v) is 11.0. The lowest BCUT2D eigenvalue weighted by Crippen LogP contribution is -2.29. The Morgan fingerprint density at radius 2 is 2.06 bits per heavy atom. The first-order valence-electron chi connectivity index (χ1n) is 5.56. The lowest BCUT2D eigenvalue weighted by molar-refractivity contribution is -0.142. The molecule has 0 amide bonds. The van der Waals surface area contributed by atoms with Gasteiger partial charge in [0.15, 0.2) is 0 Å². The quantitative estimate of drug-likeness (QED) is 0.716. The van der Waals surface area contributed by atoms with E-state index in [0.717, 1.165) is 19.5 Å². The molecule has 0 aromatic carbocycles. The van der Waals surface area contributed by atoms with E-state index in [1.165, 1.54) is 16.9 Å². The van der Waals surface area contributed by atoms with E-state index >= 15 is 0 Å². The zero-order valence-electron chi connectivity index (χ0n) is 10.2. The lowest BCUT2D eigenvalue weighted by atomic mass is 10.3. The molecule has 0 N–H and O–H groups in total. The normalized spacial score (nSPS) is 10.8. The molecule has 1 aromatic heterocycles. The van der Waals surface area contributed by atoms with Crippen molar-refractivity contribution in [2.45, 2.75) is 26.8 Å². The van der Waals surface area contributed by atoms with Gasteiger partial charge < -0.3 is 4.74 Å². The minimum Gasteiger partial charge on any atom is -0.468 e. The third kappa shape index (κ3) is 3.94. The molecule has 0 fully saturated rings. The topological polar surface area (TPSA) is 29.5 Å². The van der Waals surface area contributed by atoms with Gasteiger partial charge in [-0.25, -0.2) is 0 Å². The third-order valence-corrected chi connectivity index (χ3v) is 3.69. The fourth-order valence-electron chi connectivity index (χ4n) is 1.44. The van der Waals surface area contributed by atoms with Gasteiger partial charge in [-0.15, -0.1) is 11.3 Å². The van der Waals surface area contributed by atoms with Crippen LogP contribution in [0.3, 0.4) is 0 Å². The molecule has 90 valence electrons. The second kappa shape index (κ2) is 6.66. The SMILES string of the molecule is CCc1ccc(CN(CC)CC(=O)OC)s1. The molecule has 3 nitrogen and oxygen atoms in total. The fourth-order valence-corrected chi connectivity index (χ4v) is 2.44. The average molecular weight is 241 g/mol. The Kier molecular flexibility index (Phi) is 5.49. The van der Waals surface area contributed by atoms with Gasteiger partial charge in [-0.3, -0.25) is 9.69 Å². The molecular formula is C12H19NO2S. The number of likely N-dealkylation sites (N-methyl/N-ethyl adjacent to an activating group) is 1. The highest BCUT2D eigenvalue weighted by Gasteiger charge is 2.10. The van der Waals surface area contributed by atoms with Crippen molar-refractivity contribution in [1.29, 1.82) is 0 Å². The van der Waals surface area contributed by atoms with Gasteiger partial charge in [0.2, 0.25) is 0 Å². The summed E-state index contributed by atoms with van der Waals surface area (Å²) in [7, 11) is 1.43. The maximum atomic E-state index is 11.2. The van der Waals surface area contributed by atoms with E-state index in [-0.39, 0.29) is 5.97 Å². The van der Waals surface area contributed by atoms with Crippen molar-refractivity contribution in [1.82, 2.24) is 4.90 Å². The zero-order chi connectivity index (χ0) is 12.0. The Morgan fingerprint density at radius 3 is 2.56 bits per heavy atom. The van der Waals surface area contributed by atoms with Crippen LogP contribution in [0.25, 0.3) is 0 Å². The second-order valence-electron chi connectivity index (χ2n) is 3.60. The van der Waals surface area contributed by atoms with E-state index < -0.39 is 0 Å². The molecule has 0 bridgehead atoms. The van der Waals surface area contributed by atoms with E-state index in [2.05, 4.69) is 35.6 Å². The van der Waals surface area contributed by atoms with Crippen molar-refractivity contribution >= 4 is 17.3 Å². The van der Waals surface area contributed by atoms with E-state index in [0.29, 0.717) is 6.54 Å². The third-order valence-electron chi connectivity index (χ3n) is 2.47. The summed E-state index contributed by atoms with van der Waals surface area (Å²) in [6.07, 6.45) is 1.08. The van der Waals surface area contributed by atoms with Gasteiger partial charge in [0.25, 0.3) is 0 Å². The van der Waals surface area contributed by atoms with Crippen LogP contribution in [0, 0.1) is 0 Å². The van der Waals surface area contributed by atoms with Gasteiger partial charge in [-0.2, -0.15) is 0 Å². The average Bonchev–Trinajstić information content (AvgIpc) is 2.75. The largest absolute Gasteiger partial charge is 0.468 e. The minimum absolute atomic E-state index is 0.172. The van der Waals surface area contributed by atoms with Gasteiger partial charge in [0.1, 0.15) is 0 Å². The molecule has 0 aliphatic carbocycles. The van der Waals surface area contributed by atoms with Gasteiger partial charge in [-0.1, -0.05) is 13.8 Å². The monoisotopic (exact) mass is 241 g/mol. The summed E-state index contributed by atoms with van der Waals surface area (Å²) < 4.78 is 4.67. The first-order valence-corrected chi connectivity index (χ1v) is 6.38. The van der Waals surface area contributed by atoms with Crippen LogP contribution in [0.2, 0.25) is 0 Å². The summed E-state index contributed by atoms with van der Waals surface area (Å²) >= 11 is 1.82. The molecule has 1 rings (SSSR count). The summed E-state index contributed by atoms with van der Waals surface area (Å²) in [6, 6.07) is 4.30. The number of rotatable bonds is 6. The summed E-state index contributed by atoms with van der Waals surface area (Å²) in [6.45, 7) is 6.26. The lowest BCUT2D eigenvalue weighted by Gasteiger charge is -2.17. The number of ether oxygens (including phenoxy) is 1. The van der Waals surface area contributed by atoms with Gasteiger partial charge >= 0.3 is 5.97 Å². The molecule has 0 atom stereocenters. The van der Waals surface area contributed by atoms with Crippen LogP contribution in [-0.4, -0.2) is 31.1 Å². The summed E-state index contributed by atoms with van der Waals surface area (Å²) in [5.74, 6) is -0.172. The Labute approximate surface area is 101 Å². The van der Waals surface area contributed by atoms with Crippen molar-refractivity contribution < 1.29 is 9.53 Å². The van der Waals surface area contributed by atoms with Crippen LogP contribution in [0.15, 0.2) is 12.1 Å². The van der Waals surface area contributed by atoms with Crippen LogP contribution >= 0.6 is 11.3 Å². The standard InChI is InChI=1S/C12H19NO2S/c1-4-10-6-7-11(16-10)8-13(5-2)9-12(14)15-3/h6-7H,4-5,8-9H2,1-3H3. The summed E-state index contributed by atoms with van der Waals surface area (Å²) in [4.78, 5) is 16.0. The highest BCUT2D eigenvalue weighted by molar-refractivity contribution is 7.11. The Morgan fingerprint density at radius 1 is 1.38 bits per heavy atom. The molecule has 4 heteroatoms.